The first-order valence-corrected chi connectivity index (χ1v) is 8.33. The number of benzene rings is 2. The molecule has 1 unspecified atom stereocenters. The second-order valence-corrected chi connectivity index (χ2v) is 6.34. The average Bonchev–Trinajstić information content (AvgIpc) is 2.59. The molecule has 0 fully saturated rings. The minimum absolute atomic E-state index is 0.123. The number of nitrogens with one attached hydrogen (secondary N) is 2. The molecular weight excluding hydrogens is 345 g/mol. The number of alkyl halides is 3. The van der Waals surface area contributed by atoms with Crippen molar-refractivity contribution in [2.45, 2.75) is 38.1 Å². The lowest BCUT2D eigenvalue weighted by atomic mass is 9.89. The van der Waals surface area contributed by atoms with Gasteiger partial charge in [-0.2, -0.15) is 13.2 Å². The number of hydrogen-bond donors (Lipinski definition) is 3. The topological polar surface area (TPSA) is 61.4 Å². The van der Waals surface area contributed by atoms with Gasteiger partial charge in [-0.1, -0.05) is 24.3 Å². The summed E-state index contributed by atoms with van der Waals surface area (Å²) in [6.07, 6.45) is -2.82. The van der Waals surface area contributed by atoms with Crippen LogP contribution >= 0.6 is 0 Å². The fourth-order valence-corrected chi connectivity index (χ4v) is 3.07. The highest BCUT2D eigenvalue weighted by molar-refractivity contribution is 5.90. The third-order valence-corrected chi connectivity index (χ3v) is 4.44. The average molecular weight is 364 g/mol. The Labute approximate surface area is 149 Å². The van der Waals surface area contributed by atoms with E-state index in [4.69, 9.17) is 0 Å². The van der Waals surface area contributed by atoms with Crippen LogP contribution in [0.15, 0.2) is 42.5 Å². The van der Waals surface area contributed by atoms with Gasteiger partial charge in [0.15, 0.2) is 0 Å². The Balaban J connectivity index is 1.59. The summed E-state index contributed by atoms with van der Waals surface area (Å²) in [5.74, 6) is 0. The molecule has 138 valence electrons. The van der Waals surface area contributed by atoms with Gasteiger partial charge in [0.2, 0.25) is 0 Å². The number of fused-ring (bicyclic) bond motifs is 1. The number of urea groups is 1. The van der Waals surface area contributed by atoms with Gasteiger partial charge in [0.1, 0.15) is 0 Å². The summed E-state index contributed by atoms with van der Waals surface area (Å²) in [6.45, 7) is 0.123. The Hall–Kier alpha value is -2.54. The summed E-state index contributed by atoms with van der Waals surface area (Å²) in [7, 11) is 0. The van der Waals surface area contributed by atoms with E-state index in [0.29, 0.717) is 30.5 Å². The Morgan fingerprint density at radius 1 is 1.15 bits per heavy atom. The zero-order valence-electron chi connectivity index (χ0n) is 13.9. The van der Waals surface area contributed by atoms with E-state index < -0.39 is 17.8 Å². The molecule has 0 radical (unpaired) electrons. The number of anilines is 1. The van der Waals surface area contributed by atoms with Crippen molar-refractivity contribution in [2.24, 2.45) is 0 Å². The standard InChI is InChI=1S/C19H19F3N2O2/c20-19(21,22)14-6-4-12(5-7-14)11-23-18(26)24-17-3-1-2-13-10-15(25)8-9-16(13)17/h1-7,15,25H,8-11H2,(H2,23,24,26). The molecule has 0 spiro atoms. The molecule has 0 heterocycles. The molecule has 0 saturated carbocycles. The minimum Gasteiger partial charge on any atom is -0.393 e. The Morgan fingerprint density at radius 3 is 2.58 bits per heavy atom. The van der Waals surface area contributed by atoms with Gasteiger partial charge in [0.25, 0.3) is 0 Å². The minimum atomic E-state index is -4.37. The summed E-state index contributed by atoms with van der Waals surface area (Å²) in [5, 5.41) is 15.2. The molecule has 0 bridgehead atoms. The molecule has 7 heteroatoms. The van der Waals surface area contributed by atoms with Crippen molar-refractivity contribution in [3.63, 3.8) is 0 Å². The summed E-state index contributed by atoms with van der Waals surface area (Å²) < 4.78 is 37.6. The molecule has 4 nitrogen and oxygen atoms in total. The third kappa shape index (κ3) is 4.35. The molecule has 2 amide bonds. The van der Waals surface area contributed by atoms with Gasteiger partial charge in [-0.3, -0.25) is 0 Å². The van der Waals surface area contributed by atoms with E-state index >= 15 is 0 Å². The normalized spacial score (nSPS) is 16.7. The Bertz CT molecular complexity index is 788. The first-order chi connectivity index (χ1) is 12.3. The number of carbonyl (C=O) groups excluding carboxylic acids is 1. The maximum Gasteiger partial charge on any atom is 0.416 e. The van der Waals surface area contributed by atoms with Crippen LogP contribution in [0.2, 0.25) is 0 Å². The van der Waals surface area contributed by atoms with Gasteiger partial charge in [-0.25, -0.2) is 4.79 Å². The largest absolute Gasteiger partial charge is 0.416 e. The van der Waals surface area contributed by atoms with E-state index in [1.54, 1.807) is 6.07 Å². The highest BCUT2D eigenvalue weighted by Gasteiger charge is 2.29. The van der Waals surface area contributed by atoms with E-state index in [0.717, 1.165) is 23.3 Å². The highest BCUT2D eigenvalue weighted by atomic mass is 19.4. The third-order valence-electron chi connectivity index (χ3n) is 4.44. The van der Waals surface area contributed by atoms with Crippen LogP contribution in [0.3, 0.4) is 0 Å². The van der Waals surface area contributed by atoms with E-state index in [9.17, 15) is 23.1 Å². The van der Waals surface area contributed by atoms with Gasteiger partial charge in [0, 0.05) is 12.2 Å². The molecule has 0 aliphatic heterocycles. The van der Waals surface area contributed by atoms with Crippen molar-refractivity contribution >= 4 is 11.7 Å². The SMILES string of the molecule is O=C(NCc1ccc(C(F)(F)F)cc1)Nc1cccc2c1CCC(O)C2. The second kappa shape index (κ2) is 7.37. The van der Waals surface area contributed by atoms with Crippen molar-refractivity contribution in [1.29, 1.82) is 0 Å². The number of amides is 2. The monoisotopic (exact) mass is 364 g/mol. The lowest BCUT2D eigenvalue weighted by Gasteiger charge is -2.23. The van der Waals surface area contributed by atoms with Gasteiger partial charge in [0.05, 0.1) is 11.7 Å². The zero-order valence-corrected chi connectivity index (χ0v) is 13.9. The Morgan fingerprint density at radius 2 is 1.88 bits per heavy atom. The first kappa shape index (κ1) is 18.3. The van der Waals surface area contributed by atoms with Crippen molar-refractivity contribution < 1.29 is 23.1 Å². The number of halogens is 3. The van der Waals surface area contributed by atoms with Gasteiger partial charge < -0.3 is 15.7 Å². The van der Waals surface area contributed by atoms with E-state index in [1.165, 1.54) is 12.1 Å². The molecule has 3 rings (SSSR count). The highest BCUT2D eigenvalue weighted by Crippen LogP contribution is 2.29. The Kier molecular flexibility index (Phi) is 5.18. The van der Waals surface area contributed by atoms with Crippen LogP contribution in [0.5, 0.6) is 0 Å². The van der Waals surface area contributed by atoms with Crippen molar-refractivity contribution in [3.05, 3.63) is 64.7 Å². The van der Waals surface area contributed by atoms with Crippen molar-refractivity contribution in [2.75, 3.05) is 5.32 Å². The van der Waals surface area contributed by atoms with Gasteiger partial charge in [-0.05, 0) is 54.2 Å². The van der Waals surface area contributed by atoms with Gasteiger partial charge >= 0.3 is 12.2 Å². The zero-order chi connectivity index (χ0) is 18.7. The number of hydrogen-bond acceptors (Lipinski definition) is 2. The summed E-state index contributed by atoms with van der Waals surface area (Å²) >= 11 is 0. The molecule has 2 aromatic carbocycles. The molecule has 1 aliphatic carbocycles. The van der Waals surface area contributed by atoms with Crippen LogP contribution in [0.4, 0.5) is 23.7 Å². The summed E-state index contributed by atoms with van der Waals surface area (Å²) in [6, 6.07) is 9.80. The van der Waals surface area contributed by atoms with Crippen LogP contribution in [-0.4, -0.2) is 17.2 Å². The van der Waals surface area contributed by atoms with Crippen molar-refractivity contribution in [1.82, 2.24) is 5.32 Å². The molecule has 0 aromatic heterocycles. The fraction of sp³-hybridized carbons (Fsp3) is 0.316. The van der Waals surface area contributed by atoms with E-state index in [1.807, 2.05) is 12.1 Å². The molecule has 26 heavy (non-hydrogen) atoms. The maximum absolute atomic E-state index is 12.5. The van der Waals surface area contributed by atoms with Gasteiger partial charge in [-0.15, -0.1) is 0 Å². The summed E-state index contributed by atoms with van der Waals surface area (Å²) in [5.41, 5.74) is 2.58. The summed E-state index contributed by atoms with van der Waals surface area (Å²) in [4.78, 5) is 12.1. The predicted molar refractivity (Wildman–Crippen MR) is 91.8 cm³/mol. The van der Waals surface area contributed by atoms with E-state index in [-0.39, 0.29) is 12.6 Å². The molecule has 3 N–H and O–H groups in total. The second-order valence-electron chi connectivity index (χ2n) is 6.34. The smallest absolute Gasteiger partial charge is 0.393 e. The number of aliphatic hydroxyl groups excluding tert-OH is 1. The van der Waals surface area contributed by atoms with Crippen LogP contribution in [0.25, 0.3) is 0 Å². The number of rotatable bonds is 3. The lowest BCUT2D eigenvalue weighted by Crippen LogP contribution is -2.29. The van der Waals surface area contributed by atoms with Crippen LogP contribution in [0.1, 0.15) is 28.7 Å². The molecule has 1 atom stereocenters. The van der Waals surface area contributed by atoms with Crippen LogP contribution in [-0.2, 0) is 25.6 Å². The molecule has 2 aromatic rings. The quantitative estimate of drug-likeness (QED) is 0.774. The lowest BCUT2D eigenvalue weighted by molar-refractivity contribution is -0.137. The van der Waals surface area contributed by atoms with E-state index in [2.05, 4.69) is 10.6 Å². The van der Waals surface area contributed by atoms with Crippen molar-refractivity contribution in [3.8, 4) is 0 Å². The molecule has 1 aliphatic rings. The van der Waals surface area contributed by atoms with Crippen LogP contribution in [0, 0.1) is 0 Å². The fourth-order valence-electron chi connectivity index (χ4n) is 3.07. The predicted octanol–water partition coefficient (Wildman–Crippen LogP) is 3.88. The number of aliphatic hydroxyl groups is 1. The van der Waals surface area contributed by atoms with Crippen LogP contribution < -0.4 is 10.6 Å². The first-order valence-electron chi connectivity index (χ1n) is 8.33. The maximum atomic E-state index is 12.5. The molecular formula is C19H19F3N2O2. The number of carbonyl (C=O) groups is 1. The molecule has 0 saturated heterocycles.